The third kappa shape index (κ3) is 3.60. The highest BCUT2D eigenvalue weighted by Crippen LogP contribution is 2.37. The Morgan fingerprint density at radius 3 is 2.82 bits per heavy atom. The van der Waals surface area contributed by atoms with Crippen LogP contribution in [0, 0.1) is 5.92 Å². The number of para-hydroxylation sites is 2. The zero-order valence-electron chi connectivity index (χ0n) is 18.7. The molecule has 1 aliphatic carbocycles. The average Bonchev–Trinajstić information content (AvgIpc) is 3.44. The maximum Gasteiger partial charge on any atom is 0.267 e. The summed E-state index contributed by atoms with van der Waals surface area (Å²) >= 11 is 2.97. The molecule has 0 saturated heterocycles. The third-order valence-electron chi connectivity index (χ3n) is 6.53. The first-order valence-corrected chi connectivity index (χ1v) is 13.2. The quantitative estimate of drug-likeness (QED) is 0.188. The van der Waals surface area contributed by atoms with Crippen LogP contribution in [-0.4, -0.2) is 26.1 Å². The van der Waals surface area contributed by atoms with Gasteiger partial charge in [0.25, 0.3) is 5.56 Å². The number of benzene rings is 2. The molecule has 1 atom stereocenters. The van der Waals surface area contributed by atoms with E-state index in [0.29, 0.717) is 16.6 Å². The van der Waals surface area contributed by atoms with E-state index in [4.69, 9.17) is 4.98 Å². The molecule has 0 bridgehead atoms. The number of aromatic amines is 1. The Morgan fingerprint density at radius 2 is 1.97 bits per heavy atom. The van der Waals surface area contributed by atoms with Crippen molar-refractivity contribution in [3.8, 4) is 5.69 Å². The minimum Gasteiger partial charge on any atom is -0.360 e. The van der Waals surface area contributed by atoms with Crippen molar-refractivity contribution >= 4 is 50.0 Å². The van der Waals surface area contributed by atoms with Gasteiger partial charge in [-0.25, -0.2) is 4.98 Å². The van der Waals surface area contributed by atoms with Gasteiger partial charge in [0, 0.05) is 27.5 Å². The van der Waals surface area contributed by atoms with E-state index in [-0.39, 0.29) is 17.1 Å². The van der Waals surface area contributed by atoms with Crippen molar-refractivity contribution in [1.82, 2.24) is 14.5 Å². The van der Waals surface area contributed by atoms with Crippen molar-refractivity contribution in [2.24, 2.45) is 5.92 Å². The molecule has 3 aromatic heterocycles. The van der Waals surface area contributed by atoms with E-state index >= 15 is 0 Å². The summed E-state index contributed by atoms with van der Waals surface area (Å²) in [7, 11) is 0. The van der Waals surface area contributed by atoms with Crippen molar-refractivity contribution < 1.29 is 4.79 Å². The van der Waals surface area contributed by atoms with Gasteiger partial charge in [-0.2, -0.15) is 0 Å². The minimum atomic E-state index is -0.0368. The minimum absolute atomic E-state index is 0.00991. The molecule has 1 N–H and O–H groups in total. The number of carbonyl (C=O) groups is 1. The topological polar surface area (TPSA) is 67.8 Å². The molecule has 0 saturated carbocycles. The maximum absolute atomic E-state index is 13.8. The van der Waals surface area contributed by atoms with Gasteiger partial charge in [-0.05, 0) is 48.9 Å². The van der Waals surface area contributed by atoms with E-state index in [2.05, 4.69) is 11.9 Å². The number of H-pyrrole nitrogens is 1. The van der Waals surface area contributed by atoms with Crippen LogP contribution in [0.1, 0.15) is 34.1 Å². The van der Waals surface area contributed by atoms with Gasteiger partial charge in [-0.3, -0.25) is 14.2 Å². The Kier molecular flexibility index (Phi) is 5.38. The molecular weight excluding hydrogens is 462 g/mol. The molecule has 0 aliphatic heterocycles. The van der Waals surface area contributed by atoms with Crippen LogP contribution in [0.2, 0.25) is 0 Å². The second kappa shape index (κ2) is 8.56. The monoisotopic (exact) mass is 485 g/mol. The van der Waals surface area contributed by atoms with Crippen LogP contribution in [0.5, 0.6) is 0 Å². The summed E-state index contributed by atoms with van der Waals surface area (Å²) in [4.78, 5) is 37.2. The molecule has 5 nitrogen and oxygen atoms in total. The molecule has 0 amide bonds. The lowest BCUT2D eigenvalue weighted by Gasteiger charge is -2.17. The predicted molar refractivity (Wildman–Crippen MR) is 140 cm³/mol. The molecular formula is C27H23N3O2S2. The van der Waals surface area contributed by atoms with Gasteiger partial charge in [0.15, 0.2) is 10.9 Å². The summed E-state index contributed by atoms with van der Waals surface area (Å²) in [5.74, 6) is 0.838. The number of thioether (sulfide) groups is 1. The Balaban J connectivity index is 1.43. The van der Waals surface area contributed by atoms with E-state index in [1.54, 1.807) is 22.1 Å². The largest absolute Gasteiger partial charge is 0.360 e. The van der Waals surface area contributed by atoms with Crippen molar-refractivity contribution in [1.29, 1.82) is 0 Å². The van der Waals surface area contributed by atoms with E-state index in [1.807, 2.05) is 54.6 Å². The first kappa shape index (κ1) is 21.4. The summed E-state index contributed by atoms with van der Waals surface area (Å²) in [6.07, 6.45) is 4.79. The van der Waals surface area contributed by atoms with E-state index in [9.17, 15) is 9.59 Å². The van der Waals surface area contributed by atoms with Crippen LogP contribution in [0.4, 0.5) is 0 Å². The fraction of sp³-hybridized carbons (Fsp3) is 0.222. The highest BCUT2D eigenvalue weighted by Gasteiger charge is 2.25. The van der Waals surface area contributed by atoms with Gasteiger partial charge in [-0.15, -0.1) is 11.3 Å². The number of thiophene rings is 1. The Hall–Kier alpha value is -3.16. The number of nitrogens with zero attached hydrogens (tertiary/aromatic N) is 2. The second-order valence-electron chi connectivity index (χ2n) is 8.86. The number of nitrogens with one attached hydrogen (secondary N) is 1. The Morgan fingerprint density at radius 1 is 1.18 bits per heavy atom. The number of hydrogen-bond acceptors (Lipinski definition) is 5. The molecule has 2 aromatic carbocycles. The molecule has 0 unspecified atom stereocenters. The van der Waals surface area contributed by atoms with Gasteiger partial charge in [0.1, 0.15) is 4.83 Å². The predicted octanol–water partition coefficient (Wildman–Crippen LogP) is 6.03. The summed E-state index contributed by atoms with van der Waals surface area (Å²) in [6.45, 7) is 2.26. The molecule has 0 radical (unpaired) electrons. The first-order chi connectivity index (χ1) is 16.6. The van der Waals surface area contributed by atoms with Crippen LogP contribution in [-0.2, 0) is 12.8 Å². The number of aromatic nitrogens is 3. The maximum atomic E-state index is 13.8. The fourth-order valence-corrected chi connectivity index (χ4v) is 7.10. The number of fused-ring (bicyclic) bond motifs is 4. The molecule has 1 aliphatic rings. The van der Waals surface area contributed by atoms with Crippen molar-refractivity contribution in [2.45, 2.75) is 31.3 Å². The molecule has 0 fully saturated rings. The van der Waals surface area contributed by atoms with Crippen LogP contribution >= 0.6 is 23.1 Å². The summed E-state index contributed by atoms with van der Waals surface area (Å²) < 4.78 is 1.68. The van der Waals surface area contributed by atoms with Crippen molar-refractivity contribution in [3.05, 3.63) is 87.2 Å². The number of carbonyl (C=O) groups excluding carboxylic acids is 1. The van der Waals surface area contributed by atoms with Crippen LogP contribution in [0.3, 0.4) is 0 Å². The normalized spacial score (nSPS) is 15.6. The molecule has 34 heavy (non-hydrogen) atoms. The van der Waals surface area contributed by atoms with E-state index < -0.39 is 0 Å². The standard InChI is InChI=1S/C27H23N3O2S2/c1-16-11-12-19-23(13-16)34-25-24(19)26(32)30(17-7-3-2-4-8-17)27(29-25)33-15-22(31)20-14-28-21-10-6-5-9-18(20)21/h2-10,14,16,28H,11-13,15H2,1H3/t16-/m1/s1. The fourth-order valence-electron chi connectivity index (χ4n) is 4.78. The highest BCUT2D eigenvalue weighted by atomic mass is 32.2. The highest BCUT2D eigenvalue weighted by molar-refractivity contribution is 7.99. The summed E-state index contributed by atoms with van der Waals surface area (Å²) in [6, 6.07) is 17.4. The van der Waals surface area contributed by atoms with E-state index in [1.165, 1.54) is 22.2 Å². The average molecular weight is 486 g/mol. The summed E-state index contributed by atoms with van der Waals surface area (Å²) in [5, 5.41) is 2.23. The number of ketones is 1. The van der Waals surface area contributed by atoms with Crippen LogP contribution in [0.15, 0.2) is 70.7 Å². The van der Waals surface area contributed by atoms with Crippen LogP contribution < -0.4 is 5.56 Å². The third-order valence-corrected chi connectivity index (χ3v) is 8.62. The Labute approximate surface area is 204 Å². The molecule has 7 heteroatoms. The van der Waals surface area contributed by atoms with Gasteiger partial charge >= 0.3 is 0 Å². The lowest BCUT2D eigenvalue weighted by Crippen LogP contribution is -2.23. The second-order valence-corrected chi connectivity index (χ2v) is 10.9. The smallest absolute Gasteiger partial charge is 0.267 e. The van der Waals surface area contributed by atoms with Gasteiger partial charge in [0.2, 0.25) is 0 Å². The molecule has 0 spiro atoms. The molecule has 3 heterocycles. The van der Waals surface area contributed by atoms with Crippen molar-refractivity contribution in [3.63, 3.8) is 0 Å². The van der Waals surface area contributed by atoms with Crippen LogP contribution in [0.25, 0.3) is 26.8 Å². The van der Waals surface area contributed by atoms with Gasteiger partial charge in [0.05, 0.1) is 16.8 Å². The molecule has 5 aromatic rings. The molecule has 170 valence electrons. The van der Waals surface area contributed by atoms with Crippen molar-refractivity contribution in [2.75, 3.05) is 5.75 Å². The lowest BCUT2D eigenvalue weighted by atomic mass is 9.89. The van der Waals surface area contributed by atoms with Gasteiger partial charge < -0.3 is 4.98 Å². The first-order valence-electron chi connectivity index (χ1n) is 11.4. The number of aryl methyl sites for hydroxylation is 1. The number of Topliss-reactive ketones (excluding diaryl/α,β-unsaturated/α-hetero) is 1. The summed E-state index contributed by atoms with van der Waals surface area (Å²) in [5.41, 5.74) is 3.51. The SMILES string of the molecule is C[C@@H]1CCc2c(sc3nc(SCC(=O)c4c[nH]c5ccccc45)n(-c4ccccc4)c(=O)c23)C1. The number of hydrogen-bond donors (Lipinski definition) is 1. The van der Waals surface area contributed by atoms with E-state index in [0.717, 1.165) is 46.1 Å². The zero-order valence-corrected chi connectivity index (χ0v) is 20.3. The van der Waals surface area contributed by atoms with Gasteiger partial charge in [-0.1, -0.05) is 55.1 Å². The number of rotatable bonds is 5. The Bertz CT molecular complexity index is 1600. The zero-order chi connectivity index (χ0) is 23.2. The molecule has 6 rings (SSSR count). The lowest BCUT2D eigenvalue weighted by molar-refractivity contribution is 0.102.